The van der Waals surface area contributed by atoms with Crippen LogP contribution in [0.4, 0.5) is 0 Å². The molecular formula is C20H34O2. The first kappa shape index (κ1) is 15.4. The highest BCUT2D eigenvalue weighted by Gasteiger charge is 2.66. The summed E-state index contributed by atoms with van der Waals surface area (Å²) in [4.78, 5) is 0. The van der Waals surface area contributed by atoms with E-state index in [9.17, 15) is 10.2 Å². The first-order valence-corrected chi connectivity index (χ1v) is 9.59. The molecule has 4 aliphatic rings. The van der Waals surface area contributed by atoms with Gasteiger partial charge in [0.05, 0.1) is 12.2 Å². The third-order valence-corrected chi connectivity index (χ3v) is 8.89. The quantitative estimate of drug-likeness (QED) is 0.764. The number of fused-ring (bicyclic) bond motifs is 3. The molecule has 2 N–H and O–H groups in total. The van der Waals surface area contributed by atoms with Gasteiger partial charge in [0.25, 0.3) is 0 Å². The molecule has 0 amide bonds. The van der Waals surface area contributed by atoms with Gasteiger partial charge in [-0.3, -0.25) is 0 Å². The van der Waals surface area contributed by atoms with E-state index in [-0.39, 0.29) is 6.61 Å². The molecule has 0 aromatic carbocycles. The molecule has 0 aromatic heterocycles. The molecular weight excluding hydrogens is 272 g/mol. The Morgan fingerprint density at radius 3 is 2.45 bits per heavy atom. The second kappa shape index (κ2) is 4.51. The summed E-state index contributed by atoms with van der Waals surface area (Å²) >= 11 is 0. The zero-order valence-corrected chi connectivity index (χ0v) is 14.7. The third kappa shape index (κ3) is 1.80. The molecule has 0 heterocycles. The molecule has 1 unspecified atom stereocenters. The van der Waals surface area contributed by atoms with Crippen LogP contribution in [0.3, 0.4) is 0 Å². The summed E-state index contributed by atoms with van der Waals surface area (Å²) in [7, 11) is 0. The molecule has 6 atom stereocenters. The molecule has 126 valence electrons. The van der Waals surface area contributed by atoms with Crippen LogP contribution < -0.4 is 0 Å². The van der Waals surface area contributed by atoms with Crippen molar-refractivity contribution in [2.75, 3.05) is 6.61 Å². The van der Waals surface area contributed by atoms with E-state index in [1.165, 1.54) is 44.9 Å². The third-order valence-electron chi connectivity index (χ3n) is 8.89. The molecule has 4 saturated carbocycles. The highest BCUT2D eigenvalue weighted by molar-refractivity contribution is 5.16. The maximum Gasteiger partial charge on any atom is 0.0910 e. The topological polar surface area (TPSA) is 40.5 Å². The predicted molar refractivity (Wildman–Crippen MR) is 88.4 cm³/mol. The van der Waals surface area contributed by atoms with Crippen LogP contribution in [0.1, 0.15) is 78.6 Å². The number of aliphatic hydroxyl groups is 2. The Morgan fingerprint density at radius 2 is 1.73 bits per heavy atom. The van der Waals surface area contributed by atoms with Crippen LogP contribution >= 0.6 is 0 Å². The minimum absolute atomic E-state index is 0.0300. The molecule has 2 nitrogen and oxygen atoms in total. The van der Waals surface area contributed by atoms with Crippen molar-refractivity contribution in [3.05, 3.63) is 0 Å². The summed E-state index contributed by atoms with van der Waals surface area (Å²) in [6, 6.07) is 0. The smallest absolute Gasteiger partial charge is 0.0910 e. The Morgan fingerprint density at radius 1 is 0.955 bits per heavy atom. The average molecular weight is 306 g/mol. The van der Waals surface area contributed by atoms with Crippen molar-refractivity contribution >= 4 is 0 Å². The van der Waals surface area contributed by atoms with Crippen molar-refractivity contribution in [1.82, 2.24) is 0 Å². The van der Waals surface area contributed by atoms with Crippen LogP contribution in [-0.4, -0.2) is 22.4 Å². The Kier molecular flexibility index (Phi) is 3.16. The summed E-state index contributed by atoms with van der Waals surface area (Å²) in [5.74, 6) is 1.98. The second-order valence-electron chi connectivity index (χ2n) is 10.3. The molecule has 2 heteroatoms. The number of rotatable bonds is 1. The van der Waals surface area contributed by atoms with Gasteiger partial charge in [0.1, 0.15) is 0 Å². The largest absolute Gasteiger partial charge is 0.393 e. The van der Waals surface area contributed by atoms with Crippen LogP contribution in [-0.2, 0) is 0 Å². The van der Waals surface area contributed by atoms with Gasteiger partial charge in [-0.05, 0) is 85.4 Å². The van der Waals surface area contributed by atoms with Crippen molar-refractivity contribution in [1.29, 1.82) is 0 Å². The maximum atomic E-state index is 10.9. The summed E-state index contributed by atoms with van der Waals surface area (Å²) in [6.07, 6.45) is 11.2. The van der Waals surface area contributed by atoms with Gasteiger partial charge in [-0.15, -0.1) is 0 Å². The van der Waals surface area contributed by atoms with Gasteiger partial charge in [-0.1, -0.05) is 27.2 Å². The fourth-order valence-electron chi connectivity index (χ4n) is 8.13. The Hall–Kier alpha value is -0.0800. The van der Waals surface area contributed by atoms with E-state index in [0.717, 1.165) is 24.7 Å². The van der Waals surface area contributed by atoms with E-state index in [0.29, 0.717) is 22.2 Å². The normalized spacial score (nSPS) is 56.3. The van der Waals surface area contributed by atoms with Crippen molar-refractivity contribution in [3.63, 3.8) is 0 Å². The molecule has 1 spiro atoms. The van der Waals surface area contributed by atoms with Crippen molar-refractivity contribution in [2.45, 2.75) is 84.2 Å². The minimum atomic E-state index is -0.776. The molecule has 4 fully saturated rings. The van der Waals surface area contributed by atoms with Crippen LogP contribution in [0.5, 0.6) is 0 Å². The molecule has 4 aliphatic carbocycles. The Bertz CT molecular complexity index is 472. The molecule has 0 radical (unpaired) electrons. The SMILES string of the molecule is CC1(C)CCC[C@]2(C)C1CC[C@@]13C[C@@H](CC[C@H]12)[C@@](O)(CO)C3. The van der Waals surface area contributed by atoms with E-state index >= 15 is 0 Å². The lowest BCUT2D eigenvalue weighted by Gasteiger charge is -2.64. The summed E-state index contributed by atoms with van der Waals surface area (Å²) in [6.45, 7) is 7.55. The Labute approximate surface area is 135 Å². The maximum absolute atomic E-state index is 10.9. The zero-order valence-electron chi connectivity index (χ0n) is 14.7. The van der Waals surface area contributed by atoms with Gasteiger partial charge in [0.2, 0.25) is 0 Å². The van der Waals surface area contributed by atoms with E-state index < -0.39 is 5.60 Å². The Balaban J connectivity index is 1.72. The lowest BCUT2D eigenvalue weighted by molar-refractivity contribution is -0.145. The van der Waals surface area contributed by atoms with Crippen LogP contribution in [0.15, 0.2) is 0 Å². The monoisotopic (exact) mass is 306 g/mol. The van der Waals surface area contributed by atoms with Gasteiger partial charge >= 0.3 is 0 Å². The lowest BCUT2D eigenvalue weighted by atomic mass is 9.41. The van der Waals surface area contributed by atoms with E-state index in [1.54, 1.807) is 0 Å². The lowest BCUT2D eigenvalue weighted by Crippen LogP contribution is -2.55. The number of aliphatic hydroxyl groups excluding tert-OH is 1. The van der Waals surface area contributed by atoms with E-state index in [4.69, 9.17) is 0 Å². The van der Waals surface area contributed by atoms with Gasteiger partial charge in [-0.2, -0.15) is 0 Å². The first-order valence-electron chi connectivity index (χ1n) is 9.59. The number of hydrogen-bond acceptors (Lipinski definition) is 2. The van der Waals surface area contributed by atoms with Crippen LogP contribution in [0.2, 0.25) is 0 Å². The van der Waals surface area contributed by atoms with Gasteiger partial charge in [0, 0.05) is 0 Å². The highest BCUT2D eigenvalue weighted by Crippen LogP contribution is 2.72. The summed E-state index contributed by atoms with van der Waals surface area (Å²) in [5.41, 5.74) is 0.504. The first-order chi connectivity index (χ1) is 10.3. The highest BCUT2D eigenvalue weighted by atomic mass is 16.3. The van der Waals surface area contributed by atoms with Crippen molar-refractivity contribution < 1.29 is 10.2 Å². The van der Waals surface area contributed by atoms with Gasteiger partial charge < -0.3 is 10.2 Å². The van der Waals surface area contributed by atoms with Crippen LogP contribution in [0.25, 0.3) is 0 Å². The van der Waals surface area contributed by atoms with Gasteiger partial charge in [0.15, 0.2) is 0 Å². The van der Waals surface area contributed by atoms with E-state index in [1.807, 2.05) is 0 Å². The molecule has 2 bridgehead atoms. The molecule has 4 rings (SSSR count). The summed E-state index contributed by atoms with van der Waals surface area (Å²) in [5, 5.41) is 20.7. The second-order valence-corrected chi connectivity index (χ2v) is 10.3. The summed E-state index contributed by atoms with van der Waals surface area (Å²) < 4.78 is 0. The number of hydrogen-bond donors (Lipinski definition) is 2. The minimum Gasteiger partial charge on any atom is -0.393 e. The van der Waals surface area contributed by atoms with E-state index in [2.05, 4.69) is 20.8 Å². The van der Waals surface area contributed by atoms with Crippen LogP contribution in [0, 0.1) is 34.0 Å². The fourth-order valence-corrected chi connectivity index (χ4v) is 8.13. The molecule has 0 saturated heterocycles. The average Bonchev–Trinajstić information content (AvgIpc) is 2.65. The van der Waals surface area contributed by atoms with Crippen molar-refractivity contribution in [2.24, 2.45) is 34.0 Å². The van der Waals surface area contributed by atoms with Crippen molar-refractivity contribution in [3.8, 4) is 0 Å². The molecule has 0 aromatic rings. The zero-order chi connectivity index (χ0) is 15.8. The fraction of sp³-hybridized carbons (Fsp3) is 1.00. The standard InChI is InChI=1S/C20H34O2/c1-17(2)8-4-9-18(3)15(17)7-10-19-11-14(5-6-16(18)19)20(22,12-19)13-21/h14-16,21-22H,4-13H2,1-3H3/t14-,15?,16+,18-,19+,20+/m1/s1. The van der Waals surface area contributed by atoms with Gasteiger partial charge in [-0.25, -0.2) is 0 Å². The predicted octanol–water partition coefficient (Wildman–Crippen LogP) is 4.14. The molecule has 0 aliphatic heterocycles. The molecule has 22 heavy (non-hydrogen) atoms.